The van der Waals surface area contributed by atoms with E-state index < -0.39 is 0 Å². The Morgan fingerprint density at radius 3 is 2.95 bits per heavy atom. The lowest BCUT2D eigenvalue weighted by atomic mass is 10.3. The van der Waals surface area contributed by atoms with Crippen LogP contribution in [0.3, 0.4) is 0 Å². The maximum absolute atomic E-state index is 8.61. The van der Waals surface area contributed by atoms with Crippen molar-refractivity contribution in [1.29, 1.82) is 0 Å². The van der Waals surface area contributed by atoms with Gasteiger partial charge in [0.2, 0.25) is 0 Å². The van der Waals surface area contributed by atoms with E-state index in [0.29, 0.717) is 18.3 Å². The predicted octanol–water partition coefficient (Wildman–Crippen LogP) is 1.31. The van der Waals surface area contributed by atoms with E-state index in [0.717, 1.165) is 25.3 Å². The maximum Gasteiger partial charge on any atom is 0.140 e. The van der Waals surface area contributed by atoms with Gasteiger partial charge in [-0.15, -0.1) is 0 Å². The molecule has 0 amide bonds. The predicted molar refractivity (Wildman–Crippen MR) is 74.1 cm³/mol. The summed E-state index contributed by atoms with van der Waals surface area (Å²) in [6, 6.07) is 2.79. The minimum Gasteiger partial charge on any atom is -0.409 e. The highest BCUT2D eigenvalue weighted by atomic mass is 16.4. The average molecular weight is 265 g/mol. The van der Waals surface area contributed by atoms with E-state index in [2.05, 4.69) is 28.1 Å². The fraction of sp³-hybridized carbons (Fsp3) is 0.692. The molecule has 1 aromatic rings. The lowest BCUT2D eigenvalue weighted by molar-refractivity contribution is 0.251. The zero-order valence-corrected chi connectivity index (χ0v) is 11.7. The van der Waals surface area contributed by atoms with Gasteiger partial charge in [-0.2, -0.15) is 5.10 Å². The first kappa shape index (κ1) is 13.9. The number of hydrogen-bond acceptors (Lipinski definition) is 4. The smallest absolute Gasteiger partial charge is 0.140 e. The normalized spacial score (nSPS) is 16.3. The van der Waals surface area contributed by atoms with Crippen LogP contribution in [0, 0.1) is 6.92 Å². The van der Waals surface area contributed by atoms with Crippen molar-refractivity contribution in [2.24, 2.45) is 10.9 Å². The molecular weight excluding hydrogens is 242 g/mol. The molecule has 19 heavy (non-hydrogen) atoms. The van der Waals surface area contributed by atoms with Gasteiger partial charge < -0.3 is 10.9 Å². The number of aryl methyl sites for hydroxylation is 2. The molecule has 0 atom stereocenters. The first-order valence-electron chi connectivity index (χ1n) is 6.87. The standard InChI is InChI=1S/C13H23N5O/c1-3-18-12(8-10(2)15-18)9-17(11-4-5-11)7-6-13(14)16-19/h8,11,19H,3-7,9H2,1-2H3,(H2,14,16). The highest BCUT2D eigenvalue weighted by Crippen LogP contribution is 2.28. The highest BCUT2D eigenvalue weighted by Gasteiger charge is 2.29. The number of oxime groups is 1. The Morgan fingerprint density at radius 1 is 1.63 bits per heavy atom. The summed E-state index contributed by atoms with van der Waals surface area (Å²) in [4.78, 5) is 2.40. The number of aromatic nitrogens is 2. The molecule has 1 aliphatic carbocycles. The Hall–Kier alpha value is -1.56. The van der Waals surface area contributed by atoms with Gasteiger partial charge >= 0.3 is 0 Å². The van der Waals surface area contributed by atoms with E-state index in [1.165, 1.54) is 18.5 Å². The molecule has 3 N–H and O–H groups in total. The second kappa shape index (κ2) is 6.06. The van der Waals surface area contributed by atoms with Crippen LogP contribution in [0.25, 0.3) is 0 Å². The van der Waals surface area contributed by atoms with E-state index >= 15 is 0 Å². The van der Waals surface area contributed by atoms with Gasteiger partial charge in [0, 0.05) is 32.1 Å². The molecule has 0 bridgehead atoms. The van der Waals surface area contributed by atoms with Crippen LogP contribution >= 0.6 is 0 Å². The molecule has 0 spiro atoms. The van der Waals surface area contributed by atoms with Gasteiger partial charge in [0.25, 0.3) is 0 Å². The van der Waals surface area contributed by atoms with Crippen molar-refractivity contribution >= 4 is 5.84 Å². The molecule has 2 rings (SSSR count). The van der Waals surface area contributed by atoms with Gasteiger partial charge in [-0.3, -0.25) is 9.58 Å². The molecule has 0 aliphatic heterocycles. The van der Waals surface area contributed by atoms with Crippen molar-refractivity contribution in [3.63, 3.8) is 0 Å². The van der Waals surface area contributed by atoms with Crippen LogP contribution in [0.15, 0.2) is 11.2 Å². The fourth-order valence-corrected chi connectivity index (χ4v) is 2.35. The second-order valence-corrected chi connectivity index (χ2v) is 5.14. The molecule has 1 saturated carbocycles. The van der Waals surface area contributed by atoms with Crippen molar-refractivity contribution in [2.75, 3.05) is 6.54 Å². The highest BCUT2D eigenvalue weighted by molar-refractivity contribution is 5.79. The number of nitrogens with two attached hydrogens (primary N) is 1. The topological polar surface area (TPSA) is 79.7 Å². The molecule has 1 fully saturated rings. The van der Waals surface area contributed by atoms with Gasteiger partial charge in [-0.1, -0.05) is 5.16 Å². The van der Waals surface area contributed by atoms with Crippen LogP contribution < -0.4 is 5.73 Å². The van der Waals surface area contributed by atoms with Gasteiger partial charge in [0.15, 0.2) is 0 Å². The molecule has 0 unspecified atom stereocenters. The maximum atomic E-state index is 8.61. The van der Waals surface area contributed by atoms with Gasteiger partial charge in [0.05, 0.1) is 11.4 Å². The van der Waals surface area contributed by atoms with Crippen LogP contribution in [0.2, 0.25) is 0 Å². The zero-order chi connectivity index (χ0) is 13.8. The SMILES string of the molecule is CCn1nc(C)cc1CN(CCC(N)=NO)C1CC1. The molecule has 6 heteroatoms. The first-order chi connectivity index (χ1) is 9.13. The van der Waals surface area contributed by atoms with E-state index in [1.807, 2.05) is 11.6 Å². The molecule has 0 radical (unpaired) electrons. The van der Waals surface area contributed by atoms with Crippen molar-refractivity contribution in [1.82, 2.24) is 14.7 Å². The van der Waals surface area contributed by atoms with Crippen molar-refractivity contribution in [3.05, 3.63) is 17.5 Å². The molecule has 1 aromatic heterocycles. The molecule has 6 nitrogen and oxygen atoms in total. The molecule has 106 valence electrons. The Kier molecular flexibility index (Phi) is 4.42. The summed E-state index contributed by atoms with van der Waals surface area (Å²) >= 11 is 0. The minimum absolute atomic E-state index is 0.297. The lowest BCUT2D eigenvalue weighted by Gasteiger charge is -2.21. The number of amidine groups is 1. The third-order valence-electron chi connectivity index (χ3n) is 3.50. The quantitative estimate of drug-likeness (QED) is 0.337. The Morgan fingerprint density at radius 2 is 2.37 bits per heavy atom. The summed E-state index contributed by atoms with van der Waals surface area (Å²) in [6.45, 7) is 6.73. The Bertz CT molecular complexity index is 450. The summed E-state index contributed by atoms with van der Waals surface area (Å²) in [7, 11) is 0. The summed E-state index contributed by atoms with van der Waals surface area (Å²) in [5.41, 5.74) is 7.85. The van der Waals surface area contributed by atoms with E-state index in [4.69, 9.17) is 10.9 Å². The lowest BCUT2D eigenvalue weighted by Crippen LogP contribution is -2.30. The van der Waals surface area contributed by atoms with E-state index in [9.17, 15) is 0 Å². The van der Waals surface area contributed by atoms with Crippen LogP contribution in [0.1, 0.15) is 37.6 Å². The molecular formula is C13H23N5O. The van der Waals surface area contributed by atoms with Gasteiger partial charge in [-0.25, -0.2) is 0 Å². The molecule has 1 heterocycles. The fourth-order valence-electron chi connectivity index (χ4n) is 2.35. The van der Waals surface area contributed by atoms with Crippen LogP contribution in [-0.4, -0.2) is 38.3 Å². The Balaban J connectivity index is 1.99. The van der Waals surface area contributed by atoms with Gasteiger partial charge in [-0.05, 0) is 32.8 Å². The summed E-state index contributed by atoms with van der Waals surface area (Å²) < 4.78 is 2.05. The summed E-state index contributed by atoms with van der Waals surface area (Å²) in [5, 5.41) is 16.1. The van der Waals surface area contributed by atoms with Crippen molar-refractivity contribution < 1.29 is 5.21 Å². The molecule has 0 saturated heterocycles. The van der Waals surface area contributed by atoms with Crippen LogP contribution in [-0.2, 0) is 13.1 Å². The summed E-state index contributed by atoms with van der Waals surface area (Å²) in [6.07, 6.45) is 3.09. The van der Waals surface area contributed by atoms with E-state index in [1.54, 1.807) is 0 Å². The minimum atomic E-state index is 0.297. The van der Waals surface area contributed by atoms with E-state index in [-0.39, 0.29) is 0 Å². The third kappa shape index (κ3) is 3.70. The molecule has 1 aliphatic rings. The van der Waals surface area contributed by atoms with Gasteiger partial charge in [0.1, 0.15) is 5.84 Å². The summed E-state index contributed by atoms with van der Waals surface area (Å²) in [5.74, 6) is 0.297. The van der Waals surface area contributed by atoms with Crippen LogP contribution in [0.4, 0.5) is 0 Å². The van der Waals surface area contributed by atoms with Crippen LogP contribution in [0.5, 0.6) is 0 Å². The zero-order valence-electron chi connectivity index (χ0n) is 11.7. The average Bonchev–Trinajstić information content (AvgIpc) is 3.18. The second-order valence-electron chi connectivity index (χ2n) is 5.14. The largest absolute Gasteiger partial charge is 0.409 e. The number of rotatable bonds is 7. The Labute approximate surface area is 113 Å². The molecule has 0 aromatic carbocycles. The monoisotopic (exact) mass is 265 g/mol. The number of nitrogens with zero attached hydrogens (tertiary/aromatic N) is 4. The number of hydrogen-bond donors (Lipinski definition) is 2. The first-order valence-corrected chi connectivity index (χ1v) is 6.87. The third-order valence-corrected chi connectivity index (χ3v) is 3.50. The van der Waals surface area contributed by atoms with Crippen molar-refractivity contribution in [2.45, 2.75) is 52.2 Å². The van der Waals surface area contributed by atoms with Crippen molar-refractivity contribution in [3.8, 4) is 0 Å².